The van der Waals surface area contributed by atoms with Gasteiger partial charge in [-0.2, -0.15) is 5.06 Å². The summed E-state index contributed by atoms with van der Waals surface area (Å²) >= 11 is 0. The minimum atomic E-state index is -0.935. The molecule has 0 rings (SSSR count). The van der Waals surface area contributed by atoms with E-state index < -0.39 is 5.97 Å². The summed E-state index contributed by atoms with van der Waals surface area (Å²) in [6.45, 7) is 8.60. The second-order valence-corrected chi connectivity index (χ2v) is 1.93. The van der Waals surface area contributed by atoms with Crippen molar-refractivity contribution in [3.05, 3.63) is 12.2 Å². The van der Waals surface area contributed by atoms with E-state index >= 15 is 0 Å². The number of carbonyl (C=O) groups is 1. The van der Waals surface area contributed by atoms with Gasteiger partial charge in [-0.15, -0.1) is 0 Å². The van der Waals surface area contributed by atoms with Crippen LogP contribution in [-0.2, 0) is 4.79 Å². The molecule has 0 unspecified atom stereocenters. The predicted molar refractivity (Wildman–Crippen MR) is 49.3 cm³/mol. The molecule has 0 heterocycles. The molecule has 0 aliphatic carbocycles. The Morgan fingerprint density at radius 1 is 1.33 bits per heavy atom. The van der Waals surface area contributed by atoms with Crippen molar-refractivity contribution in [3.8, 4) is 0 Å². The SMILES string of the molecule is C=C(C)C(=O)O.CC.CN(C)O. The third-order valence-corrected chi connectivity index (χ3v) is 0.365. The van der Waals surface area contributed by atoms with Gasteiger partial charge in [-0.25, -0.2) is 4.79 Å². The summed E-state index contributed by atoms with van der Waals surface area (Å²) < 4.78 is 0. The lowest BCUT2D eigenvalue weighted by Gasteiger charge is -1.89. The van der Waals surface area contributed by atoms with Gasteiger partial charge >= 0.3 is 5.97 Å². The second kappa shape index (κ2) is 12.8. The van der Waals surface area contributed by atoms with E-state index in [1.54, 1.807) is 14.1 Å². The first-order chi connectivity index (χ1) is 5.37. The molecule has 74 valence electrons. The van der Waals surface area contributed by atoms with Crippen molar-refractivity contribution in [1.29, 1.82) is 0 Å². The van der Waals surface area contributed by atoms with Gasteiger partial charge in [0.15, 0.2) is 0 Å². The number of hydrogen-bond donors (Lipinski definition) is 2. The maximum atomic E-state index is 9.60. The minimum absolute atomic E-state index is 0.176. The lowest BCUT2D eigenvalue weighted by atomic mass is 10.4. The van der Waals surface area contributed by atoms with Gasteiger partial charge in [0.1, 0.15) is 0 Å². The summed E-state index contributed by atoms with van der Waals surface area (Å²) in [5.41, 5.74) is 0.176. The van der Waals surface area contributed by atoms with Crippen molar-refractivity contribution >= 4 is 5.97 Å². The van der Waals surface area contributed by atoms with Crippen molar-refractivity contribution in [1.82, 2.24) is 5.06 Å². The van der Waals surface area contributed by atoms with Gasteiger partial charge in [0, 0.05) is 19.7 Å². The molecular formula is C8H19NO3. The number of hydroxylamine groups is 2. The molecule has 0 aromatic carbocycles. The lowest BCUT2D eigenvalue weighted by Crippen LogP contribution is -2.01. The Labute approximate surface area is 74.1 Å². The van der Waals surface area contributed by atoms with E-state index in [2.05, 4.69) is 6.58 Å². The maximum Gasteiger partial charge on any atom is 0.330 e. The first kappa shape index (κ1) is 17.3. The normalized spacial score (nSPS) is 7.25. The van der Waals surface area contributed by atoms with Crippen LogP contribution in [0.25, 0.3) is 0 Å². The molecule has 2 N–H and O–H groups in total. The highest BCUT2D eigenvalue weighted by atomic mass is 16.5. The summed E-state index contributed by atoms with van der Waals surface area (Å²) in [7, 11) is 3.11. The molecule has 4 nitrogen and oxygen atoms in total. The van der Waals surface area contributed by atoms with Crippen molar-refractivity contribution in [2.45, 2.75) is 20.8 Å². The fraction of sp³-hybridized carbons (Fsp3) is 0.625. The molecule has 0 saturated carbocycles. The van der Waals surface area contributed by atoms with Gasteiger partial charge in [-0.1, -0.05) is 20.4 Å². The predicted octanol–water partition coefficient (Wildman–Crippen LogP) is 1.61. The molecule has 0 aromatic rings. The number of hydrogen-bond acceptors (Lipinski definition) is 3. The van der Waals surface area contributed by atoms with E-state index in [4.69, 9.17) is 10.3 Å². The van der Waals surface area contributed by atoms with Gasteiger partial charge in [-0.3, -0.25) is 0 Å². The van der Waals surface area contributed by atoms with Gasteiger partial charge < -0.3 is 10.3 Å². The van der Waals surface area contributed by atoms with E-state index in [1.165, 1.54) is 6.92 Å². The van der Waals surface area contributed by atoms with Crippen molar-refractivity contribution in [3.63, 3.8) is 0 Å². The number of carboxylic acid groups (broad SMARTS) is 1. The van der Waals surface area contributed by atoms with Gasteiger partial charge in [0.25, 0.3) is 0 Å². The van der Waals surface area contributed by atoms with Crippen molar-refractivity contribution in [2.75, 3.05) is 14.1 Å². The molecule has 0 atom stereocenters. The van der Waals surface area contributed by atoms with E-state index in [9.17, 15) is 4.79 Å². The second-order valence-electron chi connectivity index (χ2n) is 1.93. The van der Waals surface area contributed by atoms with Crippen LogP contribution >= 0.6 is 0 Å². The quantitative estimate of drug-likeness (QED) is 0.472. The first-order valence-electron chi connectivity index (χ1n) is 3.63. The summed E-state index contributed by atoms with van der Waals surface area (Å²) in [5.74, 6) is -0.935. The average Bonchev–Trinajstić information content (AvgIpc) is 1.90. The Hall–Kier alpha value is -0.870. The molecule has 0 spiro atoms. The molecular weight excluding hydrogens is 158 g/mol. The third kappa shape index (κ3) is 61.6. The number of carboxylic acids is 1. The van der Waals surface area contributed by atoms with Crippen molar-refractivity contribution in [2.24, 2.45) is 0 Å². The molecule has 4 heteroatoms. The standard InChI is InChI=1S/C4H6O2.C2H7NO.C2H6/c1-3(2)4(5)6;1-3(2)4;1-2/h1H2,2H3,(H,5,6);4H,1-2H3;1-2H3. The molecule has 0 amide bonds. The number of nitrogens with zero attached hydrogens (tertiary/aromatic N) is 1. The summed E-state index contributed by atoms with van der Waals surface area (Å²) in [6, 6.07) is 0. The Morgan fingerprint density at radius 3 is 1.42 bits per heavy atom. The smallest absolute Gasteiger partial charge is 0.330 e. The molecule has 12 heavy (non-hydrogen) atoms. The number of aliphatic carboxylic acids is 1. The van der Waals surface area contributed by atoms with E-state index in [0.717, 1.165) is 5.06 Å². The summed E-state index contributed by atoms with van der Waals surface area (Å²) in [4.78, 5) is 9.60. The van der Waals surface area contributed by atoms with Crippen LogP contribution in [0.3, 0.4) is 0 Å². The Kier molecular flexibility index (Phi) is 18.4. The summed E-state index contributed by atoms with van der Waals surface area (Å²) in [5, 5.41) is 16.8. The largest absolute Gasteiger partial charge is 0.478 e. The Bertz CT molecular complexity index is 107. The van der Waals surface area contributed by atoms with Crippen LogP contribution in [0.5, 0.6) is 0 Å². The molecule has 0 radical (unpaired) electrons. The van der Waals surface area contributed by atoms with Crippen LogP contribution in [0.4, 0.5) is 0 Å². The zero-order chi connectivity index (χ0) is 10.7. The molecule has 0 fully saturated rings. The molecule has 0 bridgehead atoms. The Morgan fingerprint density at radius 2 is 1.42 bits per heavy atom. The molecule has 0 saturated heterocycles. The zero-order valence-electron chi connectivity index (χ0n) is 8.46. The van der Waals surface area contributed by atoms with Crippen LogP contribution in [0.1, 0.15) is 20.8 Å². The monoisotopic (exact) mass is 177 g/mol. The molecule has 0 aliphatic heterocycles. The fourth-order valence-corrected chi connectivity index (χ4v) is 0. The highest BCUT2D eigenvalue weighted by Gasteiger charge is 1.90. The lowest BCUT2D eigenvalue weighted by molar-refractivity contribution is -0.132. The number of rotatable bonds is 1. The first-order valence-corrected chi connectivity index (χ1v) is 3.63. The fourth-order valence-electron chi connectivity index (χ4n) is 0. The highest BCUT2D eigenvalue weighted by Crippen LogP contribution is 1.81. The summed E-state index contributed by atoms with van der Waals surface area (Å²) in [6.07, 6.45) is 0. The third-order valence-electron chi connectivity index (χ3n) is 0.365. The Balaban J connectivity index is -0.000000118. The van der Waals surface area contributed by atoms with Gasteiger partial charge in [0.05, 0.1) is 0 Å². The topological polar surface area (TPSA) is 60.8 Å². The zero-order valence-corrected chi connectivity index (χ0v) is 8.46. The van der Waals surface area contributed by atoms with E-state index in [0.29, 0.717) is 0 Å². The average molecular weight is 177 g/mol. The maximum absolute atomic E-state index is 9.60. The molecule has 0 aliphatic rings. The minimum Gasteiger partial charge on any atom is -0.478 e. The highest BCUT2D eigenvalue weighted by molar-refractivity contribution is 5.84. The van der Waals surface area contributed by atoms with Crippen LogP contribution in [-0.4, -0.2) is 35.4 Å². The van der Waals surface area contributed by atoms with Crippen molar-refractivity contribution < 1.29 is 15.1 Å². The molecule has 0 aromatic heterocycles. The van der Waals surface area contributed by atoms with Crippen LogP contribution in [0.15, 0.2) is 12.2 Å². The van der Waals surface area contributed by atoms with Crippen LogP contribution in [0, 0.1) is 0 Å². The van der Waals surface area contributed by atoms with Gasteiger partial charge in [-0.05, 0) is 6.92 Å². The van der Waals surface area contributed by atoms with Crippen LogP contribution < -0.4 is 0 Å². The van der Waals surface area contributed by atoms with Gasteiger partial charge in [0.2, 0.25) is 0 Å². The van der Waals surface area contributed by atoms with E-state index in [1.807, 2.05) is 13.8 Å². The van der Waals surface area contributed by atoms with E-state index in [-0.39, 0.29) is 5.57 Å². The van der Waals surface area contributed by atoms with Crippen LogP contribution in [0.2, 0.25) is 0 Å².